The predicted molar refractivity (Wildman–Crippen MR) is 75.0 cm³/mol. The second-order valence-corrected chi connectivity index (χ2v) is 4.96. The first kappa shape index (κ1) is 13.7. The zero-order valence-electron chi connectivity index (χ0n) is 9.26. The van der Waals surface area contributed by atoms with Crippen molar-refractivity contribution < 1.29 is 4.39 Å². The zero-order chi connectivity index (χ0) is 13.1. The molecule has 0 aliphatic heterocycles. The van der Waals surface area contributed by atoms with E-state index in [1.807, 2.05) is 12.5 Å². The van der Waals surface area contributed by atoms with Crippen LogP contribution in [0, 0.1) is 12.2 Å². The first-order chi connectivity index (χ1) is 8.59. The van der Waals surface area contributed by atoms with Crippen molar-refractivity contribution in [1.82, 2.24) is 0 Å². The quantitative estimate of drug-likeness (QED) is 0.694. The number of hydrogen-bond acceptors (Lipinski definition) is 0. The standard InChI is InChI=1S/C14H9Cl3F/c15-11-5-1-3-9(13(11)17)7-8-10-4-2-6-12(16)14(10)18/h1-7H,8H2. The summed E-state index contributed by atoms with van der Waals surface area (Å²) in [6.45, 7) is 0. The molecule has 0 unspecified atom stereocenters. The van der Waals surface area contributed by atoms with Crippen molar-refractivity contribution in [3.05, 3.63) is 74.8 Å². The van der Waals surface area contributed by atoms with Crippen molar-refractivity contribution in [2.75, 3.05) is 0 Å². The third kappa shape index (κ3) is 2.97. The van der Waals surface area contributed by atoms with Gasteiger partial charge in [0.15, 0.2) is 0 Å². The molecule has 0 aliphatic rings. The van der Waals surface area contributed by atoms with E-state index in [2.05, 4.69) is 0 Å². The minimum atomic E-state index is -0.395. The largest absolute Gasteiger partial charge is 0.205 e. The number of benzene rings is 2. The Labute approximate surface area is 120 Å². The van der Waals surface area contributed by atoms with Crippen LogP contribution in [-0.4, -0.2) is 0 Å². The highest BCUT2D eigenvalue weighted by atomic mass is 35.5. The van der Waals surface area contributed by atoms with Crippen LogP contribution >= 0.6 is 34.8 Å². The van der Waals surface area contributed by atoms with E-state index in [1.165, 1.54) is 6.07 Å². The van der Waals surface area contributed by atoms with E-state index in [4.69, 9.17) is 34.8 Å². The van der Waals surface area contributed by atoms with Gasteiger partial charge in [0.1, 0.15) is 5.82 Å². The van der Waals surface area contributed by atoms with E-state index in [0.29, 0.717) is 22.0 Å². The molecule has 93 valence electrons. The molecule has 0 saturated heterocycles. The van der Waals surface area contributed by atoms with Gasteiger partial charge in [0.05, 0.1) is 15.1 Å². The van der Waals surface area contributed by atoms with Gasteiger partial charge >= 0.3 is 0 Å². The van der Waals surface area contributed by atoms with E-state index < -0.39 is 5.82 Å². The second kappa shape index (κ2) is 5.92. The van der Waals surface area contributed by atoms with E-state index in [0.717, 1.165) is 5.56 Å². The van der Waals surface area contributed by atoms with Gasteiger partial charge in [-0.15, -0.1) is 0 Å². The molecule has 1 radical (unpaired) electrons. The normalized spacial score (nSPS) is 10.7. The summed E-state index contributed by atoms with van der Waals surface area (Å²) in [5.41, 5.74) is 1.31. The van der Waals surface area contributed by atoms with Gasteiger partial charge in [0.2, 0.25) is 0 Å². The smallest absolute Gasteiger partial charge is 0.144 e. The van der Waals surface area contributed by atoms with Crippen molar-refractivity contribution in [3.8, 4) is 0 Å². The van der Waals surface area contributed by atoms with Gasteiger partial charge in [-0.1, -0.05) is 59.1 Å². The minimum Gasteiger partial charge on any atom is -0.205 e. The SMILES string of the molecule is Fc1c(Cl)cccc1C[CH]c1cccc(Cl)c1Cl. The van der Waals surface area contributed by atoms with Crippen molar-refractivity contribution in [2.24, 2.45) is 0 Å². The molecule has 0 saturated carbocycles. The summed E-state index contributed by atoms with van der Waals surface area (Å²) in [7, 11) is 0. The summed E-state index contributed by atoms with van der Waals surface area (Å²) in [6.07, 6.45) is 2.23. The van der Waals surface area contributed by atoms with Gasteiger partial charge < -0.3 is 0 Å². The highest BCUT2D eigenvalue weighted by Gasteiger charge is 2.09. The third-order valence-electron chi connectivity index (χ3n) is 2.55. The molecule has 0 bridgehead atoms. The maximum absolute atomic E-state index is 13.7. The maximum Gasteiger partial charge on any atom is 0.144 e. The van der Waals surface area contributed by atoms with Crippen LogP contribution in [-0.2, 0) is 6.42 Å². The summed E-state index contributed by atoms with van der Waals surface area (Å²) in [5, 5.41) is 1.08. The molecule has 2 aromatic carbocycles. The fourth-order valence-electron chi connectivity index (χ4n) is 1.60. The third-order valence-corrected chi connectivity index (χ3v) is 3.68. The monoisotopic (exact) mass is 301 g/mol. The van der Waals surface area contributed by atoms with Crippen LogP contribution in [0.4, 0.5) is 4.39 Å². The van der Waals surface area contributed by atoms with Crippen molar-refractivity contribution in [3.63, 3.8) is 0 Å². The molecule has 0 amide bonds. The first-order valence-corrected chi connectivity index (χ1v) is 6.43. The van der Waals surface area contributed by atoms with Gasteiger partial charge in [-0.3, -0.25) is 0 Å². The molecule has 2 rings (SSSR count). The molecule has 0 aromatic heterocycles. The molecule has 0 spiro atoms. The van der Waals surface area contributed by atoms with Crippen molar-refractivity contribution in [2.45, 2.75) is 6.42 Å². The average Bonchev–Trinajstić information content (AvgIpc) is 2.36. The summed E-state index contributed by atoms with van der Waals surface area (Å²) < 4.78 is 13.7. The zero-order valence-corrected chi connectivity index (χ0v) is 11.5. The lowest BCUT2D eigenvalue weighted by molar-refractivity contribution is 0.614. The highest BCUT2D eigenvalue weighted by Crippen LogP contribution is 2.28. The van der Waals surface area contributed by atoms with Gasteiger partial charge in [0.25, 0.3) is 0 Å². The Morgan fingerprint density at radius 1 is 0.944 bits per heavy atom. The molecule has 0 atom stereocenters. The Hall–Kier alpha value is -0.760. The maximum atomic E-state index is 13.7. The highest BCUT2D eigenvalue weighted by molar-refractivity contribution is 6.42. The molecule has 0 nitrogen and oxygen atoms in total. The molecule has 0 heterocycles. The van der Waals surface area contributed by atoms with Gasteiger partial charge in [-0.05, 0) is 36.1 Å². The van der Waals surface area contributed by atoms with Crippen LogP contribution in [0.1, 0.15) is 11.1 Å². The Bertz CT molecular complexity index is 515. The Morgan fingerprint density at radius 3 is 2.39 bits per heavy atom. The fourth-order valence-corrected chi connectivity index (χ4v) is 2.18. The number of rotatable bonds is 3. The Kier molecular flexibility index (Phi) is 4.50. The fraction of sp³-hybridized carbons (Fsp3) is 0.0714. The van der Waals surface area contributed by atoms with Gasteiger partial charge in [-0.2, -0.15) is 0 Å². The molecule has 0 aliphatic carbocycles. The minimum absolute atomic E-state index is 0.123. The second-order valence-electron chi connectivity index (χ2n) is 3.76. The van der Waals surface area contributed by atoms with E-state index in [9.17, 15) is 4.39 Å². The molecular formula is C14H9Cl3F. The van der Waals surface area contributed by atoms with Crippen LogP contribution in [0.3, 0.4) is 0 Å². The lowest BCUT2D eigenvalue weighted by Crippen LogP contribution is -1.94. The Morgan fingerprint density at radius 2 is 1.61 bits per heavy atom. The average molecular weight is 303 g/mol. The van der Waals surface area contributed by atoms with Gasteiger partial charge in [-0.25, -0.2) is 4.39 Å². The first-order valence-electron chi connectivity index (χ1n) is 5.29. The lowest BCUT2D eigenvalue weighted by Gasteiger charge is -2.07. The van der Waals surface area contributed by atoms with E-state index in [-0.39, 0.29) is 5.02 Å². The van der Waals surface area contributed by atoms with E-state index >= 15 is 0 Å². The van der Waals surface area contributed by atoms with Gasteiger partial charge in [0, 0.05) is 0 Å². The van der Waals surface area contributed by atoms with Crippen LogP contribution in [0.2, 0.25) is 15.1 Å². The summed E-state index contributed by atoms with van der Waals surface area (Å²) in [5.74, 6) is -0.395. The van der Waals surface area contributed by atoms with Crippen molar-refractivity contribution in [1.29, 1.82) is 0 Å². The van der Waals surface area contributed by atoms with E-state index in [1.54, 1.807) is 24.3 Å². The summed E-state index contributed by atoms with van der Waals surface area (Å²) in [4.78, 5) is 0. The molecule has 18 heavy (non-hydrogen) atoms. The number of hydrogen-bond donors (Lipinski definition) is 0. The van der Waals surface area contributed by atoms with Crippen LogP contribution in [0.5, 0.6) is 0 Å². The van der Waals surface area contributed by atoms with Crippen molar-refractivity contribution >= 4 is 34.8 Å². The van der Waals surface area contributed by atoms with Crippen LogP contribution in [0.25, 0.3) is 0 Å². The summed E-state index contributed by atoms with van der Waals surface area (Å²) in [6, 6.07) is 10.3. The molecule has 0 fully saturated rings. The van der Waals surface area contributed by atoms with Crippen LogP contribution < -0.4 is 0 Å². The lowest BCUT2D eigenvalue weighted by atomic mass is 10.0. The summed E-state index contributed by atoms with van der Waals surface area (Å²) >= 11 is 17.7. The molecule has 2 aromatic rings. The molecule has 0 N–H and O–H groups in total. The van der Waals surface area contributed by atoms with Crippen LogP contribution in [0.15, 0.2) is 36.4 Å². The molecular weight excluding hydrogens is 294 g/mol. The topological polar surface area (TPSA) is 0 Å². The Balaban J connectivity index is 2.17. The predicted octanol–water partition coefficient (Wildman–Crippen LogP) is 5.58. The molecule has 4 heteroatoms. The number of halogens is 4.